The van der Waals surface area contributed by atoms with E-state index in [9.17, 15) is 9.59 Å². The first-order chi connectivity index (χ1) is 12.7. The van der Waals surface area contributed by atoms with E-state index in [1.807, 2.05) is 29.2 Å². The molecule has 3 aromatic rings. The highest BCUT2D eigenvalue weighted by molar-refractivity contribution is 6.05. The van der Waals surface area contributed by atoms with E-state index in [-0.39, 0.29) is 17.6 Å². The predicted octanol–water partition coefficient (Wildman–Crippen LogP) is 4.31. The molecule has 0 saturated carbocycles. The summed E-state index contributed by atoms with van der Waals surface area (Å²) in [4.78, 5) is 27.0. The fourth-order valence-corrected chi connectivity index (χ4v) is 3.30. The van der Waals surface area contributed by atoms with E-state index in [4.69, 9.17) is 4.42 Å². The van der Waals surface area contributed by atoms with E-state index in [1.54, 1.807) is 30.3 Å². The van der Waals surface area contributed by atoms with Crippen LogP contribution >= 0.6 is 0 Å². The minimum absolute atomic E-state index is 0.0181. The molecule has 1 N–H and O–H groups in total. The number of fused-ring (bicyclic) bond motifs is 1. The Kier molecular flexibility index (Phi) is 4.44. The minimum atomic E-state index is -0.330. The number of carbonyl (C=O) groups is 2. The lowest BCUT2D eigenvalue weighted by Gasteiger charge is -2.26. The van der Waals surface area contributed by atoms with E-state index >= 15 is 0 Å². The zero-order valence-corrected chi connectivity index (χ0v) is 14.4. The summed E-state index contributed by atoms with van der Waals surface area (Å²) in [7, 11) is 0. The number of hydrogen-bond donors (Lipinski definition) is 1. The SMILES string of the molecule is O=C(Nc1cccc(C(=O)N2CCCCC2)c1)c1cc2ccccc2o1. The van der Waals surface area contributed by atoms with Gasteiger partial charge in [-0.05, 0) is 49.6 Å². The summed E-state index contributed by atoms with van der Waals surface area (Å²) in [5.74, 6) is -0.0627. The summed E-state index contributed by atoms with van der Waals surface area (Å²) < 4.78 is 5.59. The normalized spacial score (nSPS) is 14.4. The molecule has 5 nitrogen and oxygen atoms in total. The topological polar surface area (TPSA) is 62.6 Å². The monoisotopic (exact) mass is 348 g/mol. The van der Waals surface area contributed by atoms with Gasteiger partial charge >= 0.3 is 0 Å². The molecule has 4 rings (SSSR count). The maximum atomic E-state index is 12.6. The van der Waals surface area contributed by atoms with Crippen molar-refractivity contribution in [3.8, 4) is 0 Å². The highest BCUT2D eigenvalue weighted by Crippen LogP contribution is 2.21. The van der Waals surface area contributed by atoms with Crippen LogP contribution in [0.15, 0.2) is 59.0 Å². The lowest BCUT2D eigenvalue weighted by atomic mass is 10.1. The highest BCUT2D eigenvalue weighted by atomic mass is 16.3. The second-order valence-electron chi connectivity index (χ2n) is 6.54. The number of hydrogen-bond acceptors (Lipinski definition) is 3. The van der Waals surface area contributed by atoms with Gasteiger partial charge in [0.05, 0.1) is 0 Å². The molecule has 1 aliphatic rings. The third-order valence-electron chi connectivity index (χ3n) is 4.66. The van der Waals surface area contributed by atoms with E-state index in [0.29, 0.717) is 16.8 Å². The molecule has 0 unspecified atom stereocenters. The second-order valence-corrected chi connectivity index (χ2v) is 6.54. The third-order valence-corrected chi connectivity index (χ3v) is 4.66. The third kappa shape index (κ3) is 3.33. The summed E-state index contributed by atoms with van der Waals surface area (Å²) in [6, 6.07) is 16.3. The minimum Gasteiger partial charge on any atom is -0.451 e. The van der Waals surface area contributed by atoms with Crippen LogP contribution in [0.2, 0.25) is 0 Å². The summed E-state index contributed by atoms with van der Waals surface area (Å²) in [5, 5.41) is 3.70. The number of nitrogens with one attached hydrogen (secondary N) is 1. The molecular weight excluding hydrogens is 328 g/mol. The molecule has 26 heavy (non-hydrogen) atoms. The molecule has 5 heteroatoms. The molecular formula is C21H20N2O3. The number of anilines is 1. The molecule has 2 aromatic carbocycles. The Morgan fingerprint density at radius 1 is 0.923 bits per heavy atom. The maximum Gasteiger partial charge on any atom is 0.291 e. The maximum absolute atomic E-state index is 12.6. The largest absolute Gasteiger partial charge is 0.451 e. The molecule has 132 valence electrons. The Morgan fingerprint density at radius 3 is 2.54 bits per heavy atom. The van der Waals surface area contributed by atoms with Gasteiger partial charge in [0.25, 0.3) is 11.8 Å². The Morgan fingerprint density at radius 2 is 1.73 bits per heavy atom. The van der Waals surface area contributed by atoms with Crippen LogP contribution in [-0.4, -0.2) is 29.8 Å². The van der Waals surface area contributed by atoms with Crippen molar-refractivity contribution in [1.29, 1.82) is 0 Å². The van der Waals surface area contributed by atoms with Gasteiger partial charge in [-0.3, -0.25) is 9.59 Å². The standard InChI is InChI=1S/C21H20N2O3/c24-20(19-14-15-7-2-3-10-18(15)26-19)22-17-9-6-8-16(13-17)21(25)23-11-4-1-5-12-23/h2-3,6-10,13-14H,1,4-5,11-12H2,(H,22,24). The summed E-state index contributed by atoms with van der Waals surface area (Å²) >= 11 is 0. The van der Waals surface area contributed by atoms with Crippen molar-refractivity contribution >= 4 is 28.5 Å². The van der Waals surface area contributed by atoms with Crippen molar-refractivity contribution < 1.29 is 14.0 Å². The molecule has 0 spiro atoms. The molecule has 2 heterocycles. The van der Waals surface area contributed by atoms with Gasteiger partial charge in [-0.15, -0.1) is 0 Å². The van der Waals surface area contributed by atoms with Gasteiger partial charge in [-0.2, -0.15) is 0 Å². The molecule has 0 aliphatic carbocycles. The molecule has 2 amide bonds. The van der Waals surface area contributed by atoms with Gasteiger partial charge in [0.15, 0.2) is 5.76 Å². The van der Waals surface area contributed by atoms with Gasteiger partial charge in [-0.25, -0.2) is 0 Å². The van der Waals surface area contributed by atoms with Gasteiger partial charge in [-0.1, -0.05) is 24.3 Å². The van der Waals surface area contributed by atoms with E-state index in [0.717, 1.165) is 31.3 Å². The van der Waals surface area contributed by atoms with Gasteiger partial charge in [0, 0.05) is 29.7 Å². The molecule has 1 fully saturated rings. The number of benzene rings is 2. The van der Waals surface area contributed by atoms with Crippen molar-refractivity contribution in [2.75, 3.05) is 18.4 Å². The summed E-state index contributed by atoms with van der Waals surface area (Å²) in [6.45, 7) is 1.60. The van der Waals surface area contributed by atoms with Crippen molar-refractivity contribution in [3.63, 3.8) is 0 Å². The zero-order valence-electron chi connectivity index (χ0n) is 14.4. The van der Waals surface area contributed by atoms with Gasteiger partial charge < -0.3 is 14.6 Å². The number of para-hydroxylation sites is 1. The van der Waals surface area contributed by atoms with Crippen molar-refractivity contribution in [3.05, 3.63) is 65.9 Å². The fourth-order valence-electron chi connectivity index (χ4n) is 3.30. The van der Waals surface area contributed by atoms with Gasteiger partial charge in [0.2, 0.25) is 0 Å². The summed E-state index contributed by atoms with van der Waals surface area (Å²) in [5.41, 5.74) is 1.85. The predicted molar refractivity (Wildman–Crippen MR) is 100 cm³/mol. The molecule has 1 aliphatic heterocycles. The smallest absolute Gasteiger partial charge is 0.291 e. The van der Waals surface area contributed by atoms with Gasteiger partial charge in [0.1, 0.15) is 5.58 Å². The summed E-state index contributed by atoms with van der Waals surface area (Å²) in [6.07, 6.45) is 3.28. The number of rotatable bonds is 3. The van der Waals surface area contributed by atoms with Crippen LogP contribution in [0.3, 0.4) is 0 Å². The van der Waals surface area contributed by atoms with Crippen molar-refractivity contribution in [2.24, 2.45) is 0 Å². The number of likely N-dealkylation sites (tertiary alicyclic amines) is 1. The van der Waals surface area contributed by atoms with E-state index < -0.39 is 0 Å². The quantitative estimate of drug-likeness (QED) is 0.767. The van der Waals surface area contributed by atoms with Crippen LogP contribution in [0.4, 0.5) is 5.69 Å². The number of amides is 2. The lowest BCUT2D eigenvalue weighted by molar-refractivity contribution is 0.0724. The van der Waals surface area contributed by atoms with E-state index in [1.165, 1.54) is 6.42 Å². The van der Waals surface area contributed by atoms with E-state index in [2.05, 4.69) is 5.32 Å². The van der Waals surface area contributed by atoms with Crippen LogP contribution in [-0.2, 0) is 0 Å². The lowest BCUT2D eigenvalue weighted by Crippen LogP contribution is -2.35. The molecule has 1 aromatic heterocycles. The van der Waals surface area contributed by atoms with Crippen LogP contribution in [0.25, 0.3) is 11.0 Å². The average molecular weight is 348 g/mol. The number of piperidine rings is 1. The number of furan rings is 1. The highest BCUT2D eigenvalue weighted by Gasteiger charge is 2.19. The molecule has 0 radical (unpaired) electrons. The molecule has 0 atom stereocenters. The molecule has 1 saturated heterocycles. The molecule has 0 bridgehead atoms. The number of carbonyl (C=O) groups excluding carboxylic acids is 2. The Bertz CT molecular complexity index is 922. The van der Waals surface area contributed by atoms with Crippen molar-refractivity contribution in [1.82, 2.24) is 4.90 Å². The Hall–Kier alpha value is -3.08. The first-order valence-corrected chi connectivity index (χ1v) is 8.90. The average Bonchev–Trinajstić information content (AvgIpc) is 3.13. The number of nitrogens with zero attached hydrogens (tertiary/aromatic N) is 1. The first-order valence-electron chi connectivity index (χ1n) is 8.90. The zero-order chi connectivity index (χ0) is 17.9. The first kappa shape index (κ1) is 16.4. The Balaban J connectivity index is 1.51. The van der Waals surface area contributed by atoms with Crippen LogP contribution in [0.1, 0.15) is 40.2 Å². The van der Waals surface area contributed by atoms with Crippen LogP contribution in [0.5, 0.6) is 0 Å². The fraction of sp³-hybridized carbons (Fsp3) is 0.238. The van der Waals surface area contributed by atoms with Crippen molar-refractivity contribution in [2.45, 2.75) is 19.3 Å². The second kappa shape index (κ2) is 7.04. The van der Waals surface area contributed by atoms with Crippen LogP contribution in [0, 0.1) is 0 Å². The Labute approximate surface area is 151 Å². The van der Waals surface area contributed by atoms with Crippen LogP contribution < -0.4 is 5.32 Å².